The molecule has 1 aliphatic rings. The summed E-state index contributed by atoms with van der Waals surface area (Å²) in [6, 6.07) is 34.0. The van der Waals surface area contributed by atoms with Crippen LogP contribution >= 0.6 is 11.6 Å². The molecule has 0 radical (unpaired) electrons. The van der Waals surface area contributed by atoms with Gasteiger partial charge in [0, 0.05) is 44.8 Å². The van der Waals surface area contributed by atoms with E-state index in [0.29, 0.717) is 30.0 Å². The first-order valence-electron chi connectivity index (χ1n) is 15.1. The molecule has 1 aliphatic heterocycles. The fraction of sp³-hybridized carbons (Fsp3) is 0.297. The summed E-state index contributed by atoms with van der Waals surface area (Å²) in [5.74, 6) is 0.161. The summed E-state index contributed by atoms with van der Waals surface area (Å²) in [5, 5.41) is 23.4. The molecule has 0 atom stereocenters. The van der Waals surface area contributed by atoms with Gasteiger partial charge in [0.2, 0.25) is 11.8 Å². The van der Waals surface area contributed by atoms with E-state index < -0.39 is 11.0 Å². The third-order valence-electron chi connectivity index (χ3n) is 8.36. The molecule has 0 bridgehead atoms. The zero-order valence-electron chi connectivity index (χ0n) is 26.1. The van der Waals surface area contributed by atoms with Gasteiger partial charge in [0.15, 0.2) is 0 Å². The van der Waals surface area contributed by atoms with E-state index in [4.69, 9.17) is 16.7 Å². The summed E-state index contributed by atoms with van der Waals surface area (Å²) in [7, 11) is 3.66. The number of rotatable bonds is 8. The van der Waals surface area contributed by atoms with Crippen LogP contribution in [-0.2, 0) is 20.6 Å². The van der Waals surface area contributed by atoms with Crippen molar-refractivity contribution in [1.82, 2.24) is 9.80 Å². The highest BCUT2D eigenvalue weighted by atomic mass is 35.5. The number of halogens is 1. The van der Waals surface area contributed by atoms with Crippen molar-refractivity contribution in [3.63, 3.8) is 0 Å². The quantitative estimate of drug-likeness (QED) is 0.196. The normalized spacial score (nSPS) is 14.5. The van der Waals surface area contributed by atoms with Gasteiger partial charge in [-0.05, 0) is 78.9 Å². The number of aliphatic hydroxyl groups is 1. The Bertz CT molecular complexity index is 1480. The molecule has 0 saturated carbocycles. The molecule has 7 nitrogen and oxygen atoms in total. The zero-order valence-corrected chi connectivity index (χ0v) is 26.9. The van der Waals surface area contributed by atoms with Crippen molar-refractivity contribution >= 4 is 29.1 Å². The lowest BCUT2D eigenvalue weighted by atomic mass is 9.70. The van der Waals surface area contributed by atoms with Crippen LogP contribution < -0.4 is 5.32 Å². The molecule has 0 unspecified atom stereocenters. The Hall–Kier alpha value is -4.17. The minimum Gasteiger partial charge on any atom is -0.508 e. The molecular weight excluding hydrogens is 586 g/mol. The average Bonchev–Trinajstić information content (AvgIpc) is 3.04. The SMILES string of the molecule is CC(=O)Nc1ccc(O)cc1.CN(C)C(=O)C(CCN1CCC(O)(c2ccc(Cl)cc2)CC1)(c1ccccc1)c1ccccc1. The number of hydrogen-bond donors (Lipinski definition) is 3. The Balaban J connectivity index is 0.000000354. The molecule has 5 rings (SSSR count). The van der Waals surface area contributed by atoms with Crippen LogP contribution in [0.1, 0.15) is 42.9 Å². The molecule has 8 heteroatoms. The number of anilines is 1. The number of amides is 2. The Morgan fingerprint density at radius 3 is 1.82 bits per heavy atom. The third-order valence-corrected chi connectivity index (χ3v) is 8.61. The summed E-state index contributed by atoms with van der Waals surface area (Å²) in [6.45, 7) is 3.75. The van der Waals surface area contributed by atoms with Gasteiger partial charge >= 0.3 is 0 Å². The van der Waals surface area contributed by atoms with Gasteiger partial charge in [-0.25, -0.2) is 0 Å². The summed E-state index contributed by atoms with van der Waals surface area (Å²) >= 11 is 6.03. The lowest BCUT2D eigenvalue weighted by Crippen LogP contribution is -2.48. The standard InChI is InChI=1S/C29H33ClN2O2.C8H9NO2/c1-31(2)27(33)29(24-9-5-3-6-10-24,25-11-7-4-8-12-25)19-22-32-20-17-28(34,18-21-32)23-13-15-26(30)16-14-23;1-6(10)9-7-2-4-8(11)5-3-7/h3-16,34H,17-22H2,1-2H3;2-5,11H,1H3,(H,9,10). The molecule has 0 spiro atoms. The lowest BCUT2D eigenvalue weighted by Gasteiger charge is -2.41. The summed E-state index contributed by atoms with van der Waals surface area (Å²) in [4.78, 5) is 28.4. The lowest BCUT2D eigenvalue weighted by molar-refractivity contribution is -0.134. The number of phenols is 1. The van der Waals surface area contributed by atoms with E-state index in [0.717, 1.165) is 36.3 Å². The largest absolute Gasteiger partial charge is 0.508 e. The molecule has 0 aliphatic carbocycles. The van der Waals surface area contributed by atoms with Crippen LogP contribution in [0.3, 0.4) is 0 Å². The van der Waals surface area contributed by atoms with Crippen molar-refractivity contribution in [1.29, 1.82) is 0 Å². The van der Waals surface area contributed by atoms with E-state index in [1.807, 2.05) is 74.8 Å². The van der Waals surface area contributed by atoms with Gasteiger partial charge in [0.25, 0.3) is 0 Å². The highest BCUT2D eigenvalue weighted by molar-refractivity contribution is 6.30. The van der Waals surface area contributed by atoms with Gasteiger partial charge in [0.1, 0.15) is 11.2 Å². The number of nitrogens with zero attached hydrogens (tertiary/aromatic N) is 2. The van der Waals surface area contributed by atoms with Gasteiger partial charge in [-0.15, -0.1) is 0 Å². The predicted molar refractivity (Wildman–Crippen MR) is 180 cm³/mol. The van der Waals surface area contributed by atoms with Gasteiger partial charge in [0.05, 0.1) is 5.60 Å². The molecular formula is C37H42ClN3O4. The second kappa shape index (κ2) is 15.2. The van der Waals surface area contributed by atoms with Crippen molar-refractivity contribution in [3.8, 4) is 5.75 Å². The van der Waals surface area contributed by atoms with Crippen molar-refractivity contribution in [2.75, 3.05) is 39.0 Å². The highest BCUT2D eigenvalue weighted by Gasteiger charge is 2.43. The van der Waals surface area contributed by atoms with Gasteiger partial charge in [-0.2, -0.15) is 0 Å². The number of carbonyl (C=O) groups is 2. The first-order valence-corrected chi connectivity index (χ1v) is 15.5. The van der Waals surface area contributed by atoms with E-state index in [9.17, 15) is 14.7 Å². The van der Waals surface area contributed by atoms with E-state index in [1.165, 1.54) is 19.1 Å². The maximum atomic E-state index is 13.8. The first kappa shape index (κ1) is 33.7. The fourth-order valence-electron chi connectivity index (χ4n) is 5.91. The van der Waals surface area contributed by atoms with Crippen LogP contribution in [0.25, 0.3) is 0 Å². The zero-order chi connectivity index (χ0) is 32.5. The number of benzene rings is 4. The third kappa shape index (κ3) is 8.51. The summed E-state index contributed by atoms with van der Waals surface area (Å²) in [5.41, 5.74) is 2.02. The second-order valence-corrected chi connectivity index (χ2v) is 12.1. The molecule has 0 aromatic heterocycles. The number of phenolic OH excluding ortho intramolecular Hbond substituents is 1. The highest BCUT2D eigenvalue weighted by Crippen LogP contribution is 2.39. The van der Waals surface area contributed by atoms with Crippen LogP contribution in [0, 0.1) is 0 Å². The number of nitrogens with one attached hydrogen (secondary N) is 1. The minimum atomic E-state index is -0.837. The predicted octanol–water partition coefficient (Wildman–Crippen LogP) is 6.44. The van der Waals surface area contributed by atoms with Crippen molar-refractivity contribution in [2.45, 2.75) is 37.2 Å². The summed E-state index contributed by atoms with van der Waals surface area (Å²) < 4.78 is 0. The van der Waals surface area contributed by atoms with Gasteiger partial charge in [-0.1, -0.05) is 84.4 Å². The molecule has 1 saturated heterocycles. The van der Waals surface area contributed by atoms with Crippen LogP contribution in [0.2, 0.25) is 5.02 Å². The number of carbonyl (C=O) groups excluding carboxylic acids is 2. The topological polar surface area (TPSA) is 93.1 Å². The van der Waals surface area contributed by atoms with Crippen LogP contribution in [0.4, 0.5) is 5.69 Å². The number of likely N-dealkylation sites (N-methyl/N-ethyl adjacent to an activating group) is 1. The van der Waals surface area contributed by atoms with E-state index in [2.05, 4.69) is 34.5 Å². The molecule has 2 amide bonds. The van der Waals surface area contributed by atoms with Crippen LogP contribution in [0.5, 0.6) is 5.75 Å². The number of hydrogen-bond acceptors (Lipinski definition) is 5. The first-order chi connectivity index (χ1) is 21.5. The number of likely N-dealkylation sites (tertiary alicyclic amines) is 1. The van der Waals surface area contributed by atoms with Crippen LogP contribution in [0.15, 0.2) is 109 Å². The molecule has 3 N–H and O–H groups in total. The molecule has 4 aromatic carbocycles. The van der Waals surface area contributed by atoms with Crippen LogP contribution in [-0.4, -0.2) is 65.6 Å². The molecule has 45 heavy (non-hydrogen) atoms. The van der Waals surface area contributed by atoms with Crippen molar-refractivity contribution < 1.29 is 19.8 Å². The Labute approximate surface area is 271 Å². The fourth-order valence-corrected chi connectivity index (χ4v) is 6.03. The minimum absolute atomic E-state index is 0.0829. The van der Waals surface area contributed by atoms with E-state index in [1.54, 1.807) is 17.0 Å². The Morgan fingerprint density at radius 2 is 1.36 bits per heavy atom. The number of piperidine rings is 1. The van der Waals surface area contributed by atoms with E-state index >= 15 is 0 Å². The Morgan fingerprint density at radius 1 is 0.844 bits per heavy atom. The smallest absolute Gasteiger partial charge is 0.237 e. The average molecular weight is 628 g/mol. The number of aromatic hydroxyl groups is 1. The molecule has 1 fully saturated rings. The molecule has 236 valence electrons. The molecule has 4 aromatic rings. The maximum Gasteiger partial charge on any atom is 0.237 e. The monoisotopic (exact) mass is 627 g/mol. The second-order valence-electron chi connectivity index (χ2n) is 11.7. The molecule has 1 heterocycles. The maximum absolute atomic E-state index is 13.8. The van der Waals surface area contributed by atoms with Gasteiger partial charge < -0.3 is 25.3 Å². The van der Waals surface area contributed by atoms with Crippen molar-refractivity contribution in [2.24, 2.45) is 0 Å². The van der Waals surface area contributed by atoms with Crippen molar-refractivity contribution in [3.05, 3.63) is 131 Å². The summed E-state index contributed by atoms with van der Waals surface area (Å²) in [6.07, 6.45) is 1.97. The van der Waals surface area contributed by atoms with E-state index in [-0.39, 0.29) is 17.6 Å². The Kier molecular flexibility index (Phi) is 11.4. The van der Waals surface area contributed by atoms with Gasteiger partial charge in [-0.3, -0.25) is 9.59 Å².